The summed E-state index contributed by atoms with van der Waals surface area (Å²) in [5, 5.41) is 8.94. The van der Waals surface area contributed by atoms with Crippen LogP contribution in [-0.2, 0) is 0 Å². The van der Waals surface area contributed by atoms with Crippen LogP contribution in [0.25, 0.3) is 5.69 Å². The van der Waals surface area contributed by atoms with Crippen LogP contribution in [0.4, 0.5) is 20.6 Å². The van der Waals surface area contributed by atoms with Gasteiger partial charge in [-0.15, -0.1) is 0 Å². The highest BCUT2D eigenvalue weighted by atomic mass is 19.1. The molecule has 1 aromatic heterocycles. The zero-order valence-corrected chi connectivity index (χ0v) is 14.8. The van der Waals surface area contributed by atoms with Gasteiger partial charge in [0.1, 0.15) is 11.5 Å². The third-order valence-electron chi connectivity index (χ3n) is 3.79. The van der Waals surface area contributed by atoms with Crippen LogP contribution in [-0.4, -0.2) is 21.7 Å². The lowest BCUT2D eigenvalue weighted by molar-refractivity contribution is 0.101. The number of carbonyl (C=O) groups excluding carboxylic acids is 2. The van der Waals surface area contributed by atoms with E-state index >= 15 is 0 Å². The fourth-order valence-corrected chi connectivity index (χ4v) is 2.58. The minimum absolute atomic E-state index is 0.113. The van der Waals surface area contributed by atoms with Crippen LogP contribution in [0.5, 0.6) is 0 Å². The fraction of sp³-hybridized carbons (Fsp3) is 0.0526. The van der Waals surface area contributed by atoms with Gasteiger partial charge in [-0.2, -0.15) is 5.10 Å². The molecule has 0 radical (unpaired) electrons. The van der Waals surface area contributed by atoms with Gasteiger partial charge in [-0.3, -0.25) is 9.59 Å². The van der Waals surface area contributed by atoms with E-state index in [4.69, 9.17) is 5.73 Å². The maximum atomic E-state index is 14.1. The number of nitrogens with two attached hydrogens (primary N) is 1. The number of aryl methyl sites for hydroxylation is 1. The molecule has 3 aromatic rings. The van der Waals surface area contributed by atoms with Crippen molar-refractivity contribution in [1.82, 2.24) is 9.78 Å². The van der Waals surface area contributed by atoms with Gasteiger partial charge in [-0.1, -0.05) is 18.2 Å². The predicted octanol–water partition coefficient (Wildman–Crippen LogP) is 2.42. The van der Waals surface area contributed by atoms with E-state index in [0.717, 1.165) is 0 Å². The Labute approximate surface area is 158 Å². The first-order chi connectivity index (χ1) is 13.3. The first kappa shape index (κ1) is 18.8. The number of aromatic nitrogens is 2. The van der Waals surface area contributed by atoms with E-state index in [-0.39, 0.29) is 5.69 Å². The molecule has 9 heteroatoms. The molecule has 2 aromatic carbocycles. The zero-order valence-electron chi connectivity index (χ0n) is 14.8. The number of amides is 3. The molecule has 0 unspecified atom stereocenters. The van der Waals surface area contributed by atoms with Gasteiger partial charge in [0, 0.05) is 23.1 Å². The number of rotatable bonds is 4. The molecular weight excluding hydrogens is 365 g/mol. The van der Waals surface area contributed by atoms with Crippen LogP contribution in [0.2, 0.25) is 0 Å². The molecule has 142 valence electrons. The van der Waals surface area contributed by atoms with Crippen LogP contribution >= 0.6 is 0 Å². The van der Waals surface area contributed by atoms with Gasteiger partial charge in [0.25, 0.3) is 5.91 Å². The Hall–Kier alpha value is -4.01. The molecular formula is C19H16FN5O3. The fourth-order valence-electron chi connectivity index (χ4n) is 2.58. The molecule has 0 aliphatic heterocycles. The Morgan fingerprint density at radius 1 is 1.04 bits per heavy atom. The van der Waals surface area contributed by atoms with E-state index in [9.17, 15) is 18.8 Å². The maximum Gasteiger partial charge on any atom is 0.316 e. The molecule has 0 aliphatic rings. The number of halogens is 1. The number of nitrogens with zero attached hydrogens (tertiary/aromatic N) is 2. The van der Waals surface area contributed by atoms with Crippen LogP contribution in [0.3, 0.4) is 0 Å². The molecule has 0 saturated heterocycles. The second kappa shape index (κ2) is 7.70. The lowest BCUT2D eigenvalue weighted by Crippen LogP contribution is -2.27. The molecule has 3 rings (SSSR count). The number of anilines is 2. The molecule has 0 saturated carbocycles. The number of benzene rings is 2. The number of para-hydroxylation sites is 1. The Morgan fingerprint density at radius 2 is 1.71 bits per heavy atom. The summed E-state index contributed by atoms with van der Waals surface area (Å²) in [6.07, 6.45) is 0. The zero-order chi connectivity index (χ0) is 20.3. The number of hydrogen-bond acceptors (Lipinski definition) is 4. The third kappa shape index (κ3) is 4.04. The van der Waals surface area contributed by atoms with Crippen molar-refractivity contribution in [2.75, 3.05) is 10.6 Å². The summed E-state index contributed by atoms with van der Waals surface area (Å²) in [4.78, 5) is 35.7. The van der Waals surface area contributed by atoms with Crippen molar-refractivity contribution in [3.63, 3.8) is 0 Å². The van der Waals surface area contributed by atoms with Crippen molar-refractivity contribution >= 4 is 23.3 Å². The van der Waals surface area contributed by atoms with E-state index in [0.29, 0.717) is 17.1 Å². The lowest BCUT2D eigenvalue weighted by Gasteiger charge is -2.12. The molecule has 1 heterocycles. The number of carbonyl (C=O) groups is 2. The highest BCUT2D eigenvalue weighted by Crippen LogP contribution is 2.16. The molecule has 0 fully saturated rings. The minimum atomic E-state index is -0.772. The largest absolute Gasteiger partial charge is 0.351 e. The number of nitrogens with one attached hydrogen (secondary N) is 2. The Balaban J connectivity index is 1.94. The van der Waals surface area contributed by atoms with E-state index in [1.54, 1.807) is 31.2 Å². The summed E-state index contributed by atoms with van der Waals surface area (Å²) in [5.41, 5.74) is 5.23. The highest BCUT2D eigenvalue weighted by molar-refractivity contribution is 6.03. The summed E-state index contributed by atoms with van der Waals surface area (Å²) >= 11 is 0. The minimum Gasteiger partial charge on any atom is -0.351 e. The van der Waals surface area contributed by atoms with Crippen LogP contribution < -0.4 is 21.8 Å². The molecule has 0 aliphatic carbocycles. The van der Waals surface area contributed by atoms with Crippen molar-refractivity contribution in [1.29, 1.82) is 0 Å². The van der Waals surface area contributed by atoms with Gasteiger partial charge in [-0.25, -0.2) is 13.9 Å². The Kier molecular flexibility index (Phi) is 5.16. The van der Waals surface area contributed by atoms with Crippen LogP contribution in [0.1, 0.15) is 16.2 Å². The van der Waals surface area contributed by atoms with Gasteiger partial charge in [0.15, 0.2) is 5.69 Å². The second-order valence-electron chi connectivity index (χ2n) is 5.89. The van der Waals surface area contributed by atoms with Crippen LogP contribution in [0, 0.1) is 12.7 Å². The molecule has 0 bridgehead atoms. The van der Waals surface area contributed by atoms with E-state index in [2.05, 4.69) is 15.7 Å². The van der Waals surface area contributed by atoms with Gasteiger partial charge in [0.2, 0.25) is 5.43 Å². The summed E-state index contributed by atoms with van der Waals surface area (Å²) in [6, 6.07) is 12.5. The normalized spacial score (nSPS) is 10.4. The van der Waals surface area contributed by atoms with E-state index < -0.39 is 28.9 Å². The summed E-state index contributed by atoms with van der Waals surface area (Å²) in [7, 11) is 0. The van der Waals surface area contributed by atoms with Gasteiger partial charge >= 0.3 is 6.03 Å². The number of urea groups is 1. The average Bonchev–Trinajstić information content (AvgIpc) is 2.62. The molecule has 8 nitrogen and oxygen atoms in total. The third-order valence-corrected chi connectivity index (χ3v) is 3.79. The van der Waals surface area contributed by atoms with Crippen LogP contribution in [0.15, 0.2) is 59.4 Å². The number of hydrogen-bond donors (Lipinski definition) is 3. The molecule has 28 heavy (non-hydrogen) atoms. The van der Waals surface area contributed by atoms with Crippen molar-refractivity contribution in [3.05, 3.63) is 82.0 Å². The maximum absolute atomic E-state index is 14.1. The first-order valence-electron chi connectivity index (χ1n) is 8.19. The van der Waals surface area contributed by atoms with Crippen molar-refractivity contribution < 1.29 is 14.0 Å². The quantitative estimate of drug-likeness (QED) is 0.643. The summed E-state index contributed by atoms with van der Waals surface area (Å²) < 4.78 is 15.3. The smallest absolute Gasteiger partial charge is 0.316 e. The molecule has 3 amide bonds. The lowest BCUT2D eigenvalue weighted by atomic mass is 10.2. The monoisotopic (exact) mass is 381 g/mol. The Morgan fingerprint density at radius 3 is 2.39 bits per heavy atom. The van der Waals surface area contributed by atoms with Gasteiger partial charge < -0.3 is 16.4 Å². The van der Waals surface area contributed by atoms with Crippen molar-refractivity contribution in [3.8, 4) is 5.69 Å². The van der Waals surface area contributed by atoms with Gasteiger partial charge in [-0.05, 0) is 37.3 Å². The SMILES string of the molecule is Cc1cc(=O)c(C(=O)Nc2cccc(NC(N)=O)c2)nn1-c1ccccc1F. The van der Waals surface area contributed by atoms with Crippen molar-refractivity contribution in [2.45, 2.75) is 6.92 Å². The standard InChI is InChI=1S/C19H16FN5O3/c1-11-9-16(26)17(24-25(11)15-8-3-2-7-14(15)20)18(27)22-12-5-4-6-13(10-12)23-19(21)28/h2-10H,1H3,(H,22,27)(H3,21,23,28). The molecule has 4 N–H and O–H groups in total. The second-order valence-corrected chi connectivity index (χ2v) is 5.89. The van der Waals surface area contributed by atoms with Crippen molar-refractivity contribution in [2.24, 2.45) is 5.73 Å². The Bertz CT molecular complexity index is 1130. The summed E-state index contributed by atoms with van der Waals surface area (Å²) in [6.45, 7) is 1.58. The summed E-state index contributed by atoms with van der Waals surface area (Å²) in [5.74, 6) is -1.32. The molecule has 0 spiro atoms. The molecule has 0 atom stereocenters. The van der Waals surface area contributed by atoms with Gasteiger partial charge in [0.05, 0.1) is 0 Å². The van der Waals surface area contributed by atoms with E-state index in [1.807, 2.05) is 0 Å². The average molecular weight is 381 g/mol. The van der Waals surface area contributed by atoms with E-state index in [1.165, 1.54) is 35.0 Å². The first-order valence-corrected chi connectivity index (χ1v) is 8.19. The topological polar surface area (TPSA) is 119 Å². The highest BCUT2D eigenvalue weighted by Gasteiger charge is 2.17. The number of primary amides is 1. The predicted molar refractivity (Wildman–Crippen MR) is 102 cm³/mol.